The zero-order valence-corrected chi connectivity index (χ0v) is 26.7. The zero-order valence-electron chi connectivity index (χ0n) is 26.7. The Morgan fingerprint density at radius 3 is 2.22 bits per heavy atom. The van der Waals surface area contributed by atoms with Crippen molar-refractivity contribution in [1.82, 2.24) is 10.3 Å². The van der Waals surface area contributed by atoms with Crippen molar-refractivity contribution in [2.24, 2.45) is 5.92 Å². The molecule has 3 aromatic rings. The Morgan fingerprint density at radius 1 is 0.933 bits per heavy atom. The fraction of sp³-hybridized carbons (Fsp3) is 0.429. The van der Waals surface area contributed by atoms with Gasteiger partial charge in [-0.15, -0.1) is 0 Å². The van der Waals surface area contributed by atoms with E-state index in [9.17, 15) is 14.4 Å². The van der Waals surface area contributed by atoms with E-state index < -0.39 is 36.8 Å². The minimum Gasteiger partial charge on any atom is -0.493 e. The van der Waals surface area contributed by atoms with Crippen LogP contribution in [0.25, 0.3) is 0 Å². The van der Waals surface area contributed by atoms with Gasteiger partial charge in [-0.3, -0.25) is 9.59 Å². The van der Waals surface area contributed by atoms with Gasteiger partial charge in [0.15, 0.2) is 17.2 Å². The summed E-state index contributed by atoms with van der Waals surface area (Å²) in [6, 6.07) is 20.9. The minimum absolute atomic E-state index is 0.0247. The molecular weight excluding hydrogens is 576 g/mol. The number of nitrogens with one attached hydrogen (secondary N) is 1. The van der Waals surface area contributed by atoms with E-state index in [-0.39, 0.29) is 29.2 Å². The number of rotatable bonds is 18. The molecule has 2 aromatic carbocycles. The van der Waals surface area contributed by atoms with Crippen LogP contribution in [0, 0.1) is 5.92 Å². The molecule has 3 rings (SSSR count). The molecule has 0 unspecified atom stereocenters. The lowest BCUT2D eigenvalue weighted by molar-refractivity contribution is -0.161. The predicted molar refractivity (Wildman–Crippen MR) is 169 cm³/mol. The van der Waals surface area contributed by atoms with Gasteiger partial charge in [-0.1, -0.05) is 74.0 Å². The largest absolute Gasteiger partial charge is 0.493 e. The predicted octanol–water partition coefficient (Wildman–Crippen LogP) is 5.33. The van der Waals surface area contributed by atoms with Crippen LogP contribution in [0.4, 0.5) is 0 Å². The SMILES string of the molecule is CC[C@H](Cc1ccccc1)[C@@H](OCCCc1ccccc1)[C@H](C)OC(=O)[C@H](C)NC(=O)c1nccc(OC)c1OCOC(C)=O. The van der Waals surface area contributed by atoms with Gasteiger partial charge in [-0.25, -0.2) is 9.78 Å². The smallest absolute Gasteiger partial charge is 0.328 e. The van der Waals surface area contributed by atoms with Gasteiger partial charge in [-0.05, 0) is 50.2 Å². The fourth-order valence-corrected chi connectivity index (χ4v) is 4.95. The molecule has 242 valence electrons. The van der Waals surface area contributed by atoms with Gasteiger partial charge in [0.25, 0.3) is 5.91 Å². The fourth-order valence-electron chi connectivity index (χ4n) is 4.95. The van der Waals surface area contributed by atoms with Gasteiger partial charge in [0.1, 0.15) is 12.1 Å². The number of aryl methyl sites for hydroxylation is 1. The summed E-state index contributed by atoms with van der Waals surface area (Å²) in [6.45, 7) is 6.76. The Balaban J connectivity index is 1.68. The standard InChI is InChI=1S/C35H44N2O8/c1-6-29(22-28-16-11-8-12-17-28)32(42-21-13-18-27-14-9-7-10-15-27)25(3)45-35(40)24(2)37-34(39)31-33(44-23-43-26(4)38)30(41-5)19-20-36-31/h7-12,14-17,19-20,24-25,29,32H,6,13,18,21-23H2,1-5H3,(H,37,39)/t24-,25-,29+,32-/m0/s1. The summed E-state index contributed by atoms with van der Waals surface area (Å²) in [5.74, 6) is -1.58. The van der Waals surface area contributed by atoms with E-state index in [0.717, 1.165) is 25.7 Å². The second kappa shape index (κ2) is 18.4. The van der Waals surface area contributed by atoms with Crippen LogP contribution in [0.3, 0.4) is 0 Å². The van der Waals surface area contributed by atoms with E-state index in [4.69, 9.17) is 23.7 Å². The summed E-state index contributed by atoms with van der Waals surface area (Å²) < 4.78 is 27.9. The second-order valence-corrected chi connectivity index (χ2v) is 10.7. The highest BCUT2D eigenvalue weighted by Gasteiger charge is 2.32. The van der Waals surface area contributed by atoms with Crippen LogP contribution in [0.2, 0.25) is 0 Å². The Hall–Kier alpha value is -4.44. The number of hydrogen-bond acceptors (Lipinski definition) is 9. The Labute approximate surface area is 265 Å². The van der Waals surface area contributed by atoms with Crippen molar-refractivity contribution >= 4 is 17.8 Å². The number of ether oxygens (including phenoxy) is 5. The molecule has 0 radical (unpaired) electrons. The van der Waals surface area contributed by atoms with Crippen LogP contribution in [0.5, 0.6) is 11.5 Å². The number of carbonyl (C=O) groups excluding carboxylic acids is 3. The van der Waals surface area contributed by atoms with Crippen molar-refractivity contribution in [3.63, 3.8) is 0 Å². The highest BCUT2D eigenvalue weighted by atomic mass is 16.7. The number of carbonyl (C=O) groups is 3. The molecule has 0 fully saturated rings. The first-order valence-corrected chi connectivity index (χ1v) is 15.2. The Bertz CT molecular complexity index is 1350. The summed E-state index contributed by atoms with van der Waals surface area (Å²) in [6.07, 6.45) is 3.72. The molecule has 1 aromatic heterocycles. The summed E-state index contributed by atoms with van der Waals surface area (Å²) >= 11 is 0. The van der Waals surface area contributed by atoms with Crippen molar-refractivity contribution in [3.8, 4) is 11.5 Å². The normalized spacial score (nSPS) is 13.5. The summed E-state index contributed by atoms with van der Waals surface area (Å²) in [7, 11) is 1.40. The summed E-state index contributed by atoms with van der Waals surface area (Å²) in [4.78, 5) is 41.7. The number of hydrogen-bond donors (Lipinski definition) is 1. The molecule has 1 N–H and O–H groups in total. The third-order valence-electron chi connectivity index (χ3n) is 7.33. The molecule has 45 heavy (non-hydrogen) atoms. The summed E-state index contributed by atoms with van der Waals surface area (Å²) in [5, 5.41) is 2.62. The van der Waals surface area contributed by atoms with Crippen molar-refractivity contribution in [2.45, 2.75) is 71.6 Å². The lowest BCUT2D eigenvalue weighted by atomic mass is 9.89. The topological polar surface area (TPSA) is 122 Å². The minimum atomic E-state index is -1.01. The molecule has 0 aliphatic rings. The van der Waals surface area contributed by atoms with Gasteiger partial charge >= 0.3 is 11.9 Å². The average Bonchev–Trinajstić information content (AvgIpc) is 3.04. The molecule has 0 aliphatic heterocycles. The zero-order chi connectivity index (χ0) is 32.6. The maximum Gasteiger partial charge on any atom is 0.328 e. The molecule has 10 heteroatoms. The number of methoxy groups -OCH3 is 1. The maximum absolute atomic E-state index is 13.2. The quantitative estimate of drug-likeness (QED) is 0.114. The van der Waals surface area contributed by atoms with Gasteiger partial charge < -0.3 is 29.0 Å². The third kappa shape index (κ3) is 11.2. The molecule has 10 nitrogen and oxygen atoms in total. The first-order valence-electron chi connectivity index (χ1n) is 15.2. The second-order valence-electron chi connectivity index (χ2n) is 10.7. The van der Waals surface area contributed by atoms with E-state index in [1.165, 1.54) is 44.3 Å². The Kier molecular flexibility index (Phi) is 14.3. The number of aromatic nitrogens is 1. The molecule has 0 bridgehead atoms. The van der Waals surface area contributed by atoms with Crippen LogP contribution < -0.4 is 14.8 Å². The monoisotopic (exact) mass is 620 g/mol. The molecule has 0 saturated carbocycles. The van der Waals surface area contributed by atoms with Gasteiger partial charge in [0, 0.05) is 25.8 Å². The van der Waals surface area contributed by atoms with E-state index in [1.807, 2.05) is 43.3 Å². The van der Waals surface area contributed by atoms with Crippen LogP contribution in [-0.4, -0.2) is 61.6 Å². The van der Waals surface area contributed by atoms with Gasteiger partial charge in [0.05, 0.1) is 13.2 Å². The number of nitrogens with zero attached hydrogens (tertiary/aromatic N) is 1. The average molecular weight is 621 g/mol. The first kappa shape index (κ1) is 35.0. The molecule has 1 amide bonds. The van der Waals surface area contributed by atoms with Crippen molar-refractivity contribution in [2.75, 3.05) is 20.5 Å². The lowest BCUT2D eigenvalue weighted by Crippen LogP contribution is -2.44. The van der Waals surface area contributed by atoms with Crippen LogP contribution in [0.15, 0.2) is 72.9 Å². The number of amides is 1. The number of pyridine rings is 1. The van der Waals surface area contributed by atoms with Crippen LogP contribution in [-0.2, 0) is 36.6 Å². The molecule has 0 aliphatic carbocycles. The van der Waals surface area contributed by atoms with Crippen molar-refractivity contribution in [1.29, 1.82) is 0 Å². The van der Waals surface area contributed by atoms with Crippen molar-refractivity contribution in [3.05, 3.63) is 89.7 Å². The van der Waals surface area contributed by atoms with E-state index in [0.29, 0.717) is 6.61 Å². The van der Waals surface area contributed by atoms with Crippen molar-refractivity contribution < 1.29 is 38.1 Å². The van der Waals surface area contributed by atoms with E-state index >= 15 is 0 Å². The highest BCUT2D eigenvalue weighted by Crippen LogP contribution is 2.30. The lowest BCUT2D eigenvalue weighted by Gasteiger charge is -2.32. The molecule has 0 spiro atoms. The van der Waals surface area contributed by atoms with Crippen LogP contribution >= 0.6 is 0 Å². The van der Waals surface area contributed by atoms with E-state index in [2.05, 4.69) is 41.5 Å². The number of benzene rings is 2. The maximum atomic E-state index is 13.2. The molecular formula is C35H44N2O8. The molecule has 4 atom stereocenters. The third-order valence-corrected chi connectivity index (χ3v) is 7.33. The molecule has 1 heterocycles. The highest BCUT2D eigenvalue weighted by molar-refractivity contribution is 5.98. The van der Waals surface area contributed by atoms with Gasteiger partial charge in [-0.2, -0.15) is 0 Å². The van der Waals surface area contributed by atoms with Gasteiger partial charge in [0.2, 0.25) is 6.79 Å². The van der Waals surface area contributed by atoms with Crippen LogP contribution in [0.1, 0.15) is 62.2 Å². The Morgan fingerprint density at radius 2 is 1.60 bits per heavy atom. The van der Waals surface area contributed by atoms with E-state index in [1.54, 1.807) is 0 Å². The summed E-state index contributed by atoms with van der Waals surface area (Å²) in [5.41, 5.74) is 2.28. The molecule has 0 saturated heterocycles. The first-order chi connectivity index (χ1) is 21.7. The number of esters is 2.